The van der Waals surface area contributed by atoms with Gasteiger partial charge in [0.2, 0.25) is 0 Å². The van der Waals surface area contributed by atoms with Gasteiger partial charge in [0, 0.05) is 17.8 Å². The molecule has 0 bridgehead atoms. The van der Waals surface area contributed by atoms with Crippen LogP contribution in [-0.4, -0.2) is 46.8 Å². The summed E-state index contributed by atoms with van der Waals surface area (Å²) in [5.74, 6) is 0. The fourth-order valence-electron chi connectivity index (χ4n) is 2.39. The molecule has 26 heavy (non-hydrogen) atoms. The molecular formula is C18H30BN3O4. The Hall–Kier alpha value is -1.80. The van der Waals surface area contributed by atoms with Crippen LogP contribution in [0.15, 0.2) is 11.7 Å². The van der Waals surface area contributed by atoms with Crippen molar-refractivity contribution in [3.8, 4) is 0 Å². The number of amides is 1. The third kappa shape index (κ3) is 4.89. The van der Waals surface area contributed by atoms with Gasteiger partial charge in [-0.3, -0.25) is 5.10 Å². The number of alkyl carbamates (subject to hydrolysis) is 1. The van der Waals surface area contributed by atoms with Crippen LogP contribution >= 0.6 is 0 Å². The van der Waals surface area contributed by atoms with Crippen molar-refractivity contribution in [3.05, 3.63) is 22.9 Å². The molecular weight excluding hydrogens is 333 g/mol. The van der Waals surface area contributed by atoms with Crippen LogP contribution in [0.1, 0.15) is 59.7 Å². The molecule has 1 aromatic heterocycles. The molecule has 0 atom stereocenters. The maximum atomic E-state index is 12.0. The van der Waals surface area contributed by atoms with Crippen LogP contribution in [0.4, 0.5) is 4.79 Å². The summed E-state index contributed by atoms with van der Waals surface area (Å²) in [5, 5.41) is 9.73. The second-order valence-corrected chi connectivity index (χ2v) is 8.61. The van der Waals surface area contributed by atoms with Crippen molar-refractivity contribution in [1.29, 1.82) is 0 Å². The molecule has 2 rings (SSSR count). The molecule has 2 N–H and O–H groups in total. The Labute approximate surface area is 156 Å². The number of rotatable bonds is 4. The van der Waals surface area contributed by atoms with Gasteiger partial charge in [0.1, 0.15) is 5.60 Å². The van der Waals surface area contributed by atoms with E-state index >= 15 is 0 Å². The number of carbonyl (C=O) groups is 1. The maximum Gasteiger partial charge on any atom is 0.492 e. The van der Waals surface area contributed by atoms with Crippen molar-refractivity contribution in [2.24, 2.45) is 0 Å². The molecule has 0 aliphatic carbocycles. The van der Waals surface area contributed by atoms with Gasteiger partial charge in [-0.05, 0) is 60.9 Å². The summed E-state index contributed by atoms with van der Waals surface area (Å²) in [5.41, 5.74) is 1.15. The number of aromatic amines is 1. The van der Waals surface area contributed by atoms with Crippen molar-refractivity contribution in [1.82, 2.24) is 15.5 Å². The molecule has 0 aromatic carbocycles. The van der Waals surface area contributed by atoms with Crippen molar-refractivity contribution < 1.29 is 18.8 Å². The van der Waals surface area contributed by atoms with Crippen LogP contribution in [0.3, 0.4) is 0 Å². The molecule has 1 aromatic rings. The van der Waals surface area contributed by atoms with Crippen LogP contribution in [0, 0.1) is 6.92 Å². The molecule has 144 valence electrons. The van der Waals surface area contributed by atoms with E-state index in [-0.39, 0.29) is 6.54 Å². The Kier molecular flexibility index (Phi) is 5.59. The molecule has 0 spiro atoms. The van der Waals surface area contributed by atoms with E-state index in [9.17, 15) is 4.79 Å². The average molecular weight is 363 g/mol. The molecule has 0 saturated carbocycles. The minimum Gasteiger partial charge on any atom is -0.444 e. The van der Waals surface area contributed by atoms with Gasteiger partial charge in [-0.15, -0.1) is 0 Å². The number of H-pyrrole nitrogens is 1. The first-order chi connectivity index (χ1) is 11.8. The highest BCUT2D eigenvalue weighted by Gasteiger charge is 2.52. The minimum atomic E-state index is -0.566. The zero-order valence-corrected chi connectivity index (χ0v) is 17.0. The van der Waals surface area contributed by atoms with Gasteiger partial charge in [-0.25, -0.2) is 4.79 Å². The third-order valence-electron chi connectivity index (χ3n) is 4.60. The van der Waals surface area contributed by atoms with E-state index in [1.807, 2.05) is 61.5 Å². The topological polar surface area (TPSA) is 85.5 Å². The highest BCUT2D eigenvalue weighted by atomic mass is 16.7. The van der Waals surface area contributed by atoms with Crippen LogP contribution < -0.4 is 5.32 Å². The summed E-state index contributed by atoms with van der Waals surface area (Å²) in [7, 11) is -0.566. The van der Waals surface area contributed by atoms with E-state index < -0.39 is 30.0 Å². The molecule has 0 unspecified atom stereocenters. The Morgan fingerprint density at radius 1 is 1.31 bits per heavy atom. The number of carbonyl (C=O) groups excluding carboxylic acids is 1. The Morgan fingerprint density at radius 2 is 1.88 bits per heavy atom. The third-order valence-corrected chi connectivity index (χ3v) is 4.60. The van der Waals surface area contributed by atoms with Gasteiger partial charge in [-0.1, -0.05) is 6.08 Å². The first-order valence-electron chi connectivity index (χ1n) is 8.84. The summed E-state index contributed by atoms with van der Waals surface area (Å²) in [6, 6.07) is 0. The normalized spacial score (nSPS) is 19.5. The van der Waals surface area contributed by atoms with Crippen LogP contribution in [0.25, 0.3) is 6.08 Å². The van der Waals surface area contributed by atoms with Gasteiger partial charge in [0.05, 0.1) is 17.4 Å². The molecule has 2 heterocycles. The molecule has 1 aliphatic rings. The smallest absolute Gasteiger partial charge is 0.444 e. The maximum absolute atomic E-state index is 12.0. The number of hydrogen-bond donors (Lipinski definition) is 2. The molecule has 1 aliphatic heterocycles. The van der Waals surface area contributed by atoms with Crippen molar-refractivity contribution in [3.63, 3.8) is 0 Å². The fraction of sp³-hybridized carbons (Fsp3) is 0.667. The molecule has 1 saturated heterocycles. The van der Waals surface area contributed by atoms with Gasteiger partial charge >= 0.3 is 13.2 Å². The first-order valence-corrected chi connectivity index (χ1v) is 8.84. The summed E-state index contributed by atoms with van der Waals surface area (Å²) in [6.07, 6.45) is 3.18. The van der Waals surface area contributed by atoms with E-state index in [0.717, 1.165) is 16.7 Å². The second-order valence-electron chi connectivity index (χ2n) is 8.61. The van der Waals surface area contributed by atoms with E-state index in [1.54, 1.807) is 6.20 Å². The first kappa shape index (κ1) is 20.5. The number of aryl methyl sites for hydroxylation is 1. The second kappa shape index (κ2) is 7.08. The summed E-state index contributed by atoms with van der Waals surface area (Å²) >= 11 is 0. The van der Waals surface area contributed by atoms with E-state index in [0.29, 0.717) is 0 Å². The largest absolute Gasteiger partial charge is 0.492 e. The molecule has 1 amide bonds. The zero-order valence-electron chi connectivity index (χ0n) is 17.0. The summed E-state index contributed by atoms with van der Waals surface area (Å²) in [6.45, 7) is 15.6. The van der Waals surface area contributed by atoms with Crippen LogP contribution in [-0.2, 0) is 14.0 Å². The lowest BCUT2D eigenvalue weighted by Gasteiger charge is -2.32. The molecule has 0 radical (unpaired) electrons. The fourth-order valence-corrected chi connectivity index (χ4v) is 2.39. The SMILES string of the molecule is Cc1[nH]ncc1C=C(CNC(=O)OC(C)(C)C)B1OC(C)(C)C(C)(C)O1. The number of nitrogens with zero attached hydrogens (tertiary/aromatic N) is 1. The molecule has 1 fully saturated rings. The zero-order chi connectivity index (χ0) is 19.8. The van der Waals surface area contributed by atoms with Crippen molar-refractivity contribution in [2.75, 3.05) is 6.54 Å². The summed E-state index contributed by atoms with van der Waals surface area (Å²) in [4.78, 5) is 12.0. The predicted molar refractivity (Wildman–Crippen MR) is 102 cm³/mol. The highest BCUT2D eigenvalue weighted by molar-refractivity contribution is 6.56. The van der Waals surface area contributed by atoms with E-state index in [2.05, 4.69) is 15.5 Å². The predicted octanol–water partition coefficient (Wildman–Crippen LogP) is 3.26. The number of nitrogens with one attached hydrogen (secondary N) is 2. The molecule has 8 heteroatoms. The average Bonchev–Trinajstić information content (AvgIpc) is 2.93. The Bertz CT molecular complexity index is 673. The lowest BCUT2D eigenvalue weighted by atomic mass is 9.77. The van der Waals surface area contributed by atoms with Crippen LogP contribution in [0.2, 0.25) is 0 Å². The highest BCUT2D eigenvalue weighted by Crippen LogP contribution is 2.38. The van der Waals surface area contributed by atoms with E-state index in [4.69, 9.17) is 14.0 Å². The lowest BCUT2D eigenvalue weighted by molar-refractivity contribution is 0.00578. The minimum absolute atomic E-state index is 0.246. The lowest BCUT2D eigenvalue weighted by Crippen LogP contribution is -2.41. The van der Waals surface area contributed by atoms with Gasteiger partial charge in [-0.2, -0.15) is 5.10 Å². The van der Waals surface area contributed by atoms with E-state index in [1.165, 1.54) is 0 Å². The van der Waals surface area contributed by atoms with Gasteiger partial charge in [0.15, 0.2) is 0 Å². The number of ether oxygens (including phenoxy) is 1. The monoisotopic (exact) mass is 363 g/mol. The van der Waals surface area contributed by atoms with Crippen molar-refractivity contribution in [2.45, 2.75) is 72.2 Å². The van der Waals surface area contributed by atoms with Crippen molar-refractivity contribution >= 4 is 19.3 Å². The number of hydrogen-bond acceptors (Lipinski definition) is 5. The quantitative estimate of drug-likeness (QED) is 0.802. The Morgan fingerprint density at radius 3 is 2.35 bits per heavy atom. The van der Waals surface area contributed by atoms with Gasteiger partial charge < -0.3 is 19.4 Å². The van der Waals surface area contributed by atoms with Gasteiger partial charge in [0.25, 0.3) is 0 Å². The standard InChI is InChI=1S/C18H30BN3O4/c1-12-13(10-21-22-12)9-14(11-20-15(23)24-16(2,3)4)19-25-17(5,6)18(7,8)26-19/h9-10H,11H2,1-8H3,(H,20,23)(H,21,22). The summed E-state index contributed by atoms with van der Waals surface area (Å²) < 4.78 is 17.6. The molecule has 7 nitrogen and oxygen atoms in total. The number of aromatic nitrogens is 2. The Balaban J connectivity index is 2.20. The van der Waals surface area contributed by atoms with Crippen LogP contribution in [0.5, 0.6) is 0 Å².